The van der Waals surface area contributed by atoms with Crippen molar-refractivity contribution in [2.75, 3.05) is 43.1 Å². The van der Waals surface area contributed by atoms with Crippen molar-refractivity contribution in [1.82, 2.24) is 24.5 Å². The zero-order valence-corrected chi connectivity index (χ0v) is 21.6. The molecule has 2 aliphatic heterocycles. The molecular formula is C25H31N7O4S. The van der Waals surface area contributed by atoms with Gasteiger partial charge in [0.25, 0.3) is 0 Å². The van der Waals surface area contributed by atoms with E-state index in [-0.39, 0.29) is 23.4 Å². The van der Waals surface area contributed by atoms with Gasteiger partial charge in [-0.05, 0) is 73.5 Å². The Kier molecular flexibility index (Phi) is 7.49. The number of nitrogens with one attached hydrogen (secondary N) is 1. The highest BCUT2D eigenvalue weighted by Crippen LogP contribution is 2.26. The van der Waals surface area contributed by atoms with E-state index in [4.69, 9.17) is 4.74 Å². The quantitative estimate of drug-likeness (QED) is 0.499. The van der Waals surface area contributed by atoms with Gasteiger partial charge in [-0.25, -0.2) is 8.42 Å². The lowest BCUT2D eigenvalue weighted by atomic mass is 10.1. The summed E-state index contributed by atoms with van der Waals surface area (Å²) in [5, 5.41) is 15.2. The number of tetrazole rings is 1. The molecule has 1 atom stereocenters. The number of aromatic nitrogens is 4. The van der Waals surface area contributed by atoms with Crippen LogP contribution in [0.1, 0.15) is 26.2 Å². The molecule has 0 spiro atoms. The van der Waals surface area contributed by atoms with Gasteiger partial charge >= 0.3 is 0 Å². The lowest BCUT2D eigenvalue weighted by Gasteiger charge is -2.32. The Labute approximate surface area is 216 Å². The van der Waals surface area contributed by atoms with Crippen molar-refractivity contribution in [2.24, 2.45) is 0 Å². The first-order valence-corrected chi connectivity index (χ1v) is 14.0. The highest BCUT2D eigenvalue weighted by atomic mass is 32.2. The van der Waals surface area contributed by atoms with Crippen molar-refractivity contribution < 1.29 is 17.9 Å². The van der Waals surface area contributed by atoms with Gasteiger partial charge in [0.05, 0.1) is 18.1 Å². The van der Waals surface area contributed by atoms with Crippen molar-refractivity contribution in [1.29, 1.82) is 0 Å². The van der Waals surface area contributed by atoms with E-state index in [0.29, 0.717) is 18.1 Å². The molecule has 2 fully saturated rings. The number of amides is 1. The summed E-state index contributed by atoms with van der Waals surface area (Å²) >= 11 is 0. The standard InChI is InChI=1S/C25H31N7O4S/c1-19-4-2-3-13-31(19)37(34,35)23-11-7-21(8-12-23)26-24(33)18-32-28-25(27-29-32)20-5-9-22(10-6-20)30-14-16-36-17-15-30/h5-12,19H,2-4,13-18H2,1H3,(H,26,33)/t19-/m1/s1. The first-order valence-electron chi connectivity index (χ1n) is 12.5. The monoisotopic (exact) mass is 525 g/mol. The number of hydrogen-bond donors (Lipinski definition) is 1. The number of piperidine rings is 1. The predicted octanol–water partition coefficient (Wildman–Crippen LogP) is 2.38. The van der Waals surface area contributed by atoms with Crippen LogP contribution < -0.4 is 10.2 Å². The third kappa shape index (κ3) is 5.81. The number of sulfonamides is 1. The summed E-state index contributed by atoms with van der Waals surface area (Å²) in [7, 11) is -3.56. The van der Waals surface area contributed by atoms with Crippen molar-refractivity contribution in [3.05, 3.63) is 48.5 Å². The molecule has 2 aromatic carbocycles. The van der Waals surface area contributed by atoms with Gasteiger partial charge in [-0.3, -0.25) is 4.79 Å². The number of morpholine rings is 1. The van der Waals surface area contributed by atoms with E-state index in [0.717, 1.165) is 56.8 Å². The molecular weight excluding hydrogens is 494 g/mol. The number of hydrogen-bond acceptors (Lipinski definition) is 8. The molecule has 5 rings (SSSR count). The second-order valence-electron chi connectivity index (χ2n) is 9.32. The Morgan fingerprint density at radius 3 is 2.46 bits per heavy atom. The molecule has 1 N–H and O–H groups in total. The number of anilines is 2. The Morgan fingerprint density at radius 2 is 1.76 bits per heavy atom. The molecule has 0 unspecified atom stereocenters. The highest BCUT2D eigenvalue weighted by Gasteiger charge is 2.30. The molecule has 0 aliphatic carbocycles. The molecule has 196 valence electrons. The Hall–Kier alpha value is -3.35. The average molecular weight is 526 g/mol. The zero-order chi connectivity index (χ0) is 25.8. The Balaban J connectivity index is 1.18. The summed E-state index contributed by atoms with van der Waals surface area (Å²) in [4.78, 5) is 16.3. The van der Waals surface area contributed by atoms with Gasteiger partial charge in [-0.1, -0.05) is 6.42 Å². The molecule has 3 aromatic rings. The fraction of sp³-hybridized carbons (Fsp3) is 0.440. The number of rotatable bonds is 7. The molecule has 0 radical (unpaired) electrons. The van der Waals surface area contributed by atoms with Crippen LogP contribution in [-0.4, -0.2) is 77.7 Å². The van der Waals surface area contributed by atoms with Crippen LogP contribution in [0.5, 0.6) is 0 Å². The lowest BCUT2D eigenvalue weighted by Crippen LogP contribution is -2.41. The molecule has 1 amide bonds. The van der Waals surface area contributed by atoms with E-state index < -0.39 is 10.0 Å². The van der Waals surface area contributed by atoms with Gasteiger partial charge in [0.1, 0.15) is 6.54 Å². The molecule has 0 saturated carbocycles. The number of ether oxygens (including phenoxy) is 1. The van der Waals surface area contributed by atoms with Crippen molar-refractivity contribution in [3.8, 4) is 11.4 Å². The minimum Gasteiger partial charge on any atom is -0.378 e. The van der Waals surface area contributed by atoms with E-state index in [1.54, 1.807) is 16.4 Å². The van der Waals surface area contributed by atoms with E-state index in [2.05, 4.69) is 25.6 Å². The first-order chi connectivity index (χ1) is 17.9. The molecule has 2 saturated heterocycles. The Bertz CT molecular complexity index is 1320. The van der Waals surface area contributed by atoms with Crippen LogP contribution in [0.3, 0.4) is 0 Å². The van der Waals surface area contributed by atoms with Crippen LogP contribution in [0, 0.1) is 0 Å². The minimum absolute atomic E-state index is 0.0130. The molecule has 12 heteroatoms. The van der Waals surface area contributed by atoms with Crippen molar-refractivity contribution >= 4 is 27.3 Å². The van der Waals surface area contributed by atoms with Crippen molar-refractivity contribution in [3.63, 3.8) is 0 Å². The number of carbonyl (C=O) groups is 1. The highest BCUT2D eigenvalue weighted by molar-refractivity contribution is 7.89. The Morgan fingerprint density at radius 1 is 1.03 bits per heavy atom. The SMILES string of the molecule is C[C@@H]1CCCCN1S(=O)(=O)c1ccc(NC(=O)Cn2nnc(-c3ccc(N4CCOCC4)cc3)n2)cc1. The maximum Gasteiger partial charge on any atom is 0.248 e. The summed E-state index contributed by atoms with van der Waals surface area (Å²) in [6, 6.07) is 14.1. The number of carbonyl (C=O) groups excluding carboxylic acids is 1. The molecule has 1 aromatic heterocycles. The minimum atomic E-state index is -3.56. The molecule has 0 bridgehead atoms. The lowest BCUT2D eigenvalue weighted by molar-refractivity contribution is -0.117. The van der Waals surface area contributed by atoms with Gasteiger partial charge < -0.3 is 15.0 Å². The maximum absolute atomic E-state index is 13.0. The van der Waals surface area contributed by atoms with E-state index >= 15 is 0 Å². The van der Waals surface area contributed by atoms with Gasteiger partial charge in [0.15, 0.2) is 0 Å². The second kappa shape index (κ2) is 11.0. The maximum atomic E-state index is 13.0. The zero-order valence-electron chi connectivity index (χ0n) is 20.8. The van der Waals surface area contributed by atoms with Crippen LogP contribution in [0.4, 0.5) is 11.4 Å². The van der Waals surface area contributed by atoms with Crippen LogP contribution in [-0.2, 0) is 26.1 Å². The molecule has 3 heterocycles. The topological polar surface area (TPSA) is 123 Å². The van der Waals surface area contributed by atoms with Crippen LogP contribution in [0.2, 0.25) is 0 Å². The third-order valence-corrected chi connectivity index (χ3v) is 8.75. The van der Waals surface area contributed by atoms with E-state index in [9.17, 15) is 13.2 Å². The predicted molar refractivity (Wildman–Crippen MR) is 139 cm³/mol. The normalized spacial score (nSPS) is 19.1. The van der Waals surface area contributed by atoms with Gasteiger partial charge in [-0.2, -0.15) is 9.10 Å². The summed E-state index contributed by atoms with van der Waals surface area (Å²) in [6.45, 7) is 5.52. The summed E-state index contributed by atoms with van der Waals surface area (Å²) in [6.07, 6.45) is 2.78. The summed E-state index contributed by atoms with van der Waals surface area (Å²) in [5.41, 5.74) is 2.42. The third-order valence-electron chi connectivity index (χ3n) is 6.73. The summed E-state index contributed by atoms with van der Waals surface area (Å²) < 4.78 is 33.0. The molecule has 11 nitrogen and oxygen atoms in total. The first kappa shape index (κ1) is 25.3. The van der Waals surface area contributed by atoms with Crippen LogP contribution >= 0.6 is 0 Å². The fourth-order valence-corrected chi connectivity index (χ4v) is 6.37. The van der Waals surface area contributed by atoms with E-state index in [1.807, 2.05) is 31.2 Å². The fourth-order valence-electron chi connectivity index (χ4n) is 4.67. The second-order valence-corrected chi connectivity index (χ2v) is 11.2. The molecule has 37 heavy (non-hydrogen) atoms. The number of nitrogens with zero attached hydrogens (tertiary/aromatic N) is 6. The largest absolute Gasteiger partial charge is 0.378 e. The van der Waals surface area contributed by atoms with Crippen molar-refractivity contribution in [2.45, 2.75) is 43.7 Å². The number of benzene rings is 2. The van der Waals surface area contributed by atoms with Gasteiger partial charge in [-0.15, -0.1) is 10.2 Å². The van der Waals surface area contributed by atoms with Crippen LogP contribution in [0.15, 0.2) is 53.4 Å². The smallest absolute Gasteiger partial charge is 0.248 e. The van der Waals surface area contributed by atoms with Gasteiger partial charge in [0, 0.05) is 42.6 Å². The average Bonchev–Trinajstić information content (AvgIpc) is 3.38. The molecule has 2 aliphatic rings. The summed E-state index contributed by atoms with van der Waals surface area (Å²) in [5.74, 6) is 0.0923. The van der Waals surface area contributed by atoms with E-state index in [1.165, 1.54) is 16.9 Å². The van der Waals surface area contributed by atoms with Gasteiger partial charge in [0.2, 0.25) is 21.8 Å². The van der Waals surface area contributed by atoms with Crippen LogP contribution in [0.25, 0.3) is 11.4 Å².